The molecule has 0 saturated carbocycles. The number of nitrogens with one attached hydrogen (secondary N) is 1. The average Bonchev–Trinajstić information content (AvgIpc) is 2.37. The number of ether oxygens (including phenoxy) is 1. The smallest absolute Gasteiger partial charge is 0.338 e. The Kier molecular flexibility index (Phi) is 4.15. The zero-order valence-corrected chi connectivity index (χ0v) is 9.99. The van der Waals surface area contributed by atoms with Gasteiger partial charge in [0.25, 0.3) is 0 Å². The van der Waals surface area contributed by atoms with Gasteiger partial charge in [0, 0.05) is 25.4 Å². The summed E-state index contributed by atoms with van der Waals surface area (Å²) in [5, 5.41) is 11.8. The number of benzene rings is 1. The Bertz CT molecular complexity index is 430. The van der Waals surface area contributed by atoms with Gasteiger partial charge in [0.05, 0.1) is 5.56 Å². The van der Waals surface area contributed by atoms with Crippen molar-refractivity contribution in [3.05, 3.63) is 29.6 Å². The Hall–Kier alpha value is -1.62. The molecule has 1 aliphatic rings. The number of rotatable bonds is 4. The van der Waals surface area contributed by atoms with Crippen LogP contribution >= 0.6 is 0 Å². The van der Waals surface area contributed by atoms with Gasteiger partial charge in [-0.2, -0.15) is 0 Å². The van der Waals surface area contributed by atoms with Gasteiger partial charge in [-0.05, 0) is 37.0 Å². The van der Waals surface area contributed by atoms with E-state index in [9.17, 15) is 9.18 Å². The second-order valence-electron chi connectivity index (χ2n) is 4.44. The molecule has 0 aromatic heterocycles. The van der Waals surface area contributed by atoms with Crippen LogP contribution in [0.1, 0.15) is 23.2 Å². The molecule has 1 fully saturated rings. The van der Waals surface area contributed by atoms with Gasteiger partial charge >= 0.3 is 5.97 Å². The molecule has 1 aliphatic heterocycles. The van der Waals surface area contributed by atoms with Crippen molar-refractivity contribution in [3.8, 4) is 0 Å². The van der Waals surface area contributed by atoms with Crippen LogP contribution in [-0.2, 0) is 4.74 Å². The fourth-order valence-corrected chi connectivity index (χ4v) is 2.01. The summed E-state index contributed by atoms with van der Waals surface area (Å²) in [5.74, 6) is -1.43. The maximum Gasteiger partial charge on any atom is 0.338 e. The number of halogens is 1. The molecule has 0 spiro atoms. The average molecular weight is 253 g/mol. The highest BCUT2D eigenvalue weighted by Crippen LogP contribution is 2.18. The van der Waals surface area contributed by atoms with Crippen LogP contribution in [0.15, 0.2) is 18.2 Å². The second kappa shape index (κ2) is 5.82. The summed E-state index contributed by atoms with van der Waals surface area (Å²) >= 11 is 0. The van der Waals surface area contributed by atoms with Gasteiger partial charge in [-0.25, -0.2) is 9.18 Å². The molecule has 0 atom stereocenters. The van der Waals surface area contributed by atoms with Crippen molar-refractivity contribution in [2.45, 2.75) is 12.8 Å². The van der Waals surface area contributed by atoms with Crippen LogP contribution in [0.5, 0.6) is 0 Å². The molecule has 18 heavy (non-hydrogen) atoms. The van der Waals surface area contributed by atoms with Crippen molar-refractivity contribution in [1.29, 1.82) is 0 Å². The van der Waals surface area contributed by atoms with Gasteiger partial charge in [-0.15, -0.1) is 0 Å². The Labute approximate surface area is 105 Å². The van der Waals surface area contributed by atoms with Crippen molar-refractivity contribution in [2.24, 2.45) is 5.92 Å². The zero-order valence-electron chi connectivity index (χ0n) is 9.99. The highest BCUT2D eigenvalue weighted by atomic mass is 19.1. The van der Waals surface area contributed by atoms with E-state index in [0.717, 1.165) is 32.6 Å². The molecule has 5 heteroatoms. The van der Waals surface area contributed by atoms with E-state index in [2.05, 4.69) is 5.32 Å². The third-order valence-electron chi connectivity index (χ3n) is 3.14. The zero-order chi connectivity index (χ0) is 13.0. The molecule has 0 amide bonds. The first-order valence-corrected chi connectivity index (χ1v) is 6.01. The number of aromatic carboxylic acids is 1. The molecule has 0 bridgehead atoms. The minimum atomic E-state index is -1.25. The van der Waals surface area contributed by atoms with Crippen LogP contribution in [0.3, 0.4) is 0 Å². The molecule has 2 N–H and O–H groups in total. The van der Waals surface area contributed by atoms with Crippen LogP contribution in [-0.4, -0.2) is 30.8 Å². The summed E-state index contributed by atoms with van der Waals surface area (Å²) in [5.41, 5.74) is 0.315. The van der Waals surface area contributed by atoms with Crippen molar-refractivity contribution < 1.29 is 19.0 Å². The molecule has 0 aliphatic carbocycles. The number of hydrogen-bond donors (Lipinski definition) is 2. The van der Waals surface area contributed by atoms with Crippen LogP contribution in [0.25, 0.3) is 0 Å². The first kappa shape index (κ1) is 12.8. The molecular weight excluding hydrogens is 237 g/mol. The predicted molar refractivity (Wildman–Crippen MR) is 65.4 cm³/mol. The highest BCUT2D eigenvalue weighted by molar-refractivity contribution is 5.88. The van der Waals surface area contributed by atoms with Crippen LogP contribution < -0.4 is 5.32 Å². The first-order chi connectivity index (χ1) is 8.66. The van der Waals surface area contributed by atoms with Gasteiger partial charge in [0.15, 0.2) is 0 Å². The quantitative estimate of drug-likeness (QED) is 0.864. The highest BCUT2D eigenvalue weighted by Gasteiger charge is 2.14. The molecule has 1 aromatic carbocycles. The maximum atomic E-state index is 13.4. The first-order valence-electron chi connectivity index (χ1n) is 6.01. The van der Waals surface area contributed by atoms with E-state index in [1.165, 1.54) is 12.1 Å². The van der Waals surface area contributed by atoms with Crippen molar-refractivity contribution >= 4 is 11.7 Å². The molecule has 4 nitrogen and oxygen atoms in total. The third kappa shape index (κ3) is 3.20. The number of anilines is 1. The molecule has 0 radical (unpaired) electrons. The lowest BCUT2D eigenvalue weighted by Crippen LogP contribution is -2.22. The minimum absolute atomic E-state index is 0.299. The Morgan fingerprint density at radius 2 is 2.17 bits per heavy atom. The van der Waals surface area contributed by atoms with Gasteiger partial charge < -0.3 is 15.2 Å². The van der Waals surface area contributed by atoms with Gasteiger partial charge in [-0.1, -0.05) is 0 Å². The van der Waals surface area contributed by atoms with Crippen molar-refractivity contribution in [2.75, 3.05) is 25.1 Å². The molecule has 98 valence electrons. The molecule has 1 saturated heterocycles. The normalized spacial score (nSPS) is 16.5. The Morgan fingerprint density at radius 3 is 2.78 bits per heavy atom. The summed E-state index contributed by atoms with van der Waals surface area (Å²) in [6, 6.07) is 4.10. The lowest BCUT2D eigenvalue weighted by molar-refractivity contribution is 0.0690. The molecule has 1 heterocycles. The fourth-order valence-electron chi connectivity index (χ4n) is 2.01. The monoisotopic (exact) mass is 253 g/mol. The van der Waals surface area contributed by atoms with E-state index >= 15 is 0 Å². The van der Waals surface area contributed by atoms with E-state index in [1.807, 2.05) is 0 Å². The lowest BCUT2D eigenvalue weighted by Gasteiger charge is -2.22. The summed E-state index contributed by atoms with van der Waals surface area (Å²) in [6.45, 7) is 2.31. The molecule has 2 rings (SSSR count). The van der Waals surface area contributed by atoms with E-state index in [4.69, 9.17) is 9.84 Å². The van der Waals surface area contributed by atoms with Crippen molar-refractivity contribution in [3.63, 3.8) is 0 Å². The van der Waals surface area contributed by atoms with Crippen LogP contribution in [0.2, 0.25) is 0 Å². The summed E-state index contributed by atoms with van der Waals surface area (Å²) < 4.78 is 18.7. The van der Waals surface area contributed by atoms with Crippen molar-refractivity contribution in [1.82, 2.24) is 0 Å². The second-order valence-corrected chi connectivity index (χ2v) is 4.44. The lowest BCUT2D eigenvalue weighted by atomic mass is 10.0. The summed E-state index contributed by atoms with van der Waals surface area (Å²) in [4.78, 5) is 10.7. The Balaban J connectivity index is 1.93. The van der Waals surface area contributed by atoms with E-state index in [-0.39, 0.29) is 5.56 Å². The maximum absolute atomic E-state index is 13.4. The SMILES string of the molecule is O=C(O)c1ccc(NCC2CCOCC2)cc1F. The van der Waals surface area contributed by atoms with E-state index in [0.29, 0.717) is 11.6 Å². The van der Waals surface area contributed by atoms with E-state index in [1.54, 1.807) is 6.07 Å². The third-order valence-corrected chi connectivity index (χ3v) is 3.14. The Morgan fingerprint density at radius 1 is 1.44 bits per heavy atom. The number of carboxylic acid groups (broad SMARTS) is 1. The van der Waals surface area contributed by atoms with Gasteiger partial charge in [0.2, 0.25) is 0 Å². The number of carbonyl (C=O) groups is 1. The topological polar surface area (TPSA) is 58.6 Å². The largest absolute Gasteiger partial charge is 0.478 e. The van der Waals surface area contributed by atoms with Crippen LogP contribution in [0.4, 0.5) is 10.1 Å². The molecule has 0 unspecified atom stereocenters. The van der Waals surface area contributed by atoms with Crippen LogP contribution in [0, 0.1) is 11.7 Å². The predicted octanol–water partition coefficient (Wildman–Crippen LogP) is 2.36. The fraction of sp³-hybridized carbons (Fsp3) is 0.462. The van der Waals surface area contributed by atoms with Gasteiger partial charge in [-0.3, -0.25) is 0 Å². The summed E-state index contributed by atoms with van der Waals surface area (Å²) in [7, 11) is 0. The molecule has 1 aromatic rings. The number of hydrogen-bond acceptors (Lipinski definition) is 3. The standard InChI is InChI=1S/C13H16FNO3/c14-12-7-10(1-2-11(12)13(16)17)15-8-9-3-5-18-6-4-9/h1-2,7,9,15H,3-6,8H2,(H,16,17). The van der Waals surface area contributed by atoms with Gasteiger partial charge in [0.1, 0.15) is 5.82 Å². The minimum Gasteiger partial charge on any atom is -0.478 e. The number of carboxylic acids is 1. The molecular formula is C13H16FNO3. The van der Waals surface area contributed by atoms with E-state index < -0.39 is 11.8 Å². The summed E-state index contributed by atoms with van der Waals surface area (Å²) in [6.07, 6.45) is 2.01.